The summed E-state index contributed by atoms with van der Waals surface area (Å²) in [5.74, 6) is -0.574. The molecule has 26 heavy (non-hydrogen) atoms. The predicted octanol–water partition coefficient (Wildman–Crippen LogP) is 3.95. The van der Waals surface area contributed by atoms with Crippen molar-refractivity contribution in [2.75, 3.05) is 19.4 Å². The molecule has 0 aliphatic rings. The van der Waals surface area contributed by atoms with Crippen LogP contribution in [0.25, 0.3) is 0 Å². The lowest BCUT2D eigenvalue weighted by Gasteiger charge is -2.12. The van der Waals surface area contributed by atoms with Crippen molar-refractivity contribution in [3.05, 3.63) is 64.2 Å². The van der Waals surface area contributed by atoms with Gasteiger partial charge < -0.3 is 10.2 Å². The molecule has 0 radical (unpaired) electrons. The average Bonchev–Trinajstić information content (AvgIpc) is 2.60. The second kappa shape index (κ2) is 8.63. The zero-order chi connectivity index (χ0) is 19.3. The molecular weight excluding hydrogens is 352 g/mol. The minimum atomic E-state index is -0.284. The summed E-state index contributed by atoms with van der Waals surface area (Å²) in [6.45, 7) is 1.95. The zero-order valence-electron chi connectivity index (χ0n) is 15.0. The molecule has 5 nitrogen and oxygen atoms in total. The van der Waals surface area contributed by atoms with Crippen molar-refractivity contribution in [2.24, 2.45) is 0 Å². The monoisotopic (exact) mass is 372 g/mol. The van der Waals surface area contributed by atoms with Crippen molar-refractivity contribution in [3.8, 4) is 0 Å². The number of rotatable bonds is 6. The molecule has 2 aromatic rings. The lowest BCUT2D eigenvalue weighted by molar-refractivity contribution is -0.116. The number of amides is 2. The summed E-state index contributed by atoms with van der Waals surface area (Å²) in [6.07, 6.45) is 0.197. The first-order valence-electron chi connectivity index (χ1n) is 8.19. The summed E-state index contributed by atoms with van der Waals surface area (Å²) in [6, 6.07) is 12.0. The van der Waals surface area contributed by atoms with Crippen molar-refractivity contribution in [1.82, 2.24) is 4.90 Å². The van der Waals surface area contributed by atoms with Crippen LogP contribution in [0.2, 0.25) is 5.02 Å². The lowest BCUT2D eigenvalue weighted by Crippen LogP contribution is -2.22. The fourth-order valence-electron chi connectivity index (χ4n) is 2.34. The number of halogens is 1. The fraction of sp³-hybridized carbons (Fsp3) is 0.250. The fourth-order valence-corrected chi connectivity index (χ4v) is 2.60. The Kier molecular flexibility index (Phi) is 6.52. The van der Waals surface area contributed by atoms with Gasteiger partial charge in [0.05, 0.1) is 10.6 Å². The highest BCUT2D eigenvalue weighted by Crippen LogP contribution is 2.22. The third kappa shape index (κ3) is 5.17. The SMILES string of the molecule is Cc1ccc(C(=O)CCC(=O)Nc2ccc(C(=O)N(C)C)c(Cl)c2)cc1. The summed E-state index contributed by atoms with van der Waals surface area (Å²) < 4.78 is 0. The Morgan fingerprint density at radius 2 is 1.65 bits per heavy atom. The Hall–Kier alpha value is -2.66. The van der Waals surface area contributed by atoms with Gasteiger partial charge in [-0.25, -0.2) is 0 Å². The number of nitrogens with one attached hydrogen (secondary N) is 1. The van der Waals surface area contributed by atoms with E-state index in [1.165, 1.54) is 11.0 Å². The topological polar surface area (TPSA) is 66.5 Å². The molecule has 0 atom stereocenters. The molecule has 1 N–H and O–H groups in total. The number of aryl methyl sites for hydroxylation is 1. The Bertz CT molecular complexity index is 829. The van der Waals surface area contributed by atoms with Crippen LogP contribution >= 0.6 is 11.6 Å². The van der Waals surface area contributed by atoms with Gasteiger partial charge in [0, 0.05) is 38.2 Å². The van der Waals surface area contributed by atoms with Crippen molar-refractivity contribution in [2.45, 2.75) is 19.8 Å². The van der Waals surface area contributed by atoms with E-state index in [4.69, 9.17) is 11.6 Å². The first-order chi connectivity index (χ1) is 12.3. The molecule has 0 heterocycles. The van der Waals surface area contributed by atoms with E-state index in [9.17, 15) is 14.4 Å². The number of ketones is 1. The van der Waals surface area contributed by atoms with Crippen LogP contribution < -0.4 is 5.32 Å². The van der Waals surface area contributed by atoms with Gasteiger partial charge in [-0.15, -0.1) is 0 Å². The van der Waals surface area contributed by atoms with E-state index in [0.29, 0.717) is 16.8 Å². The Morgan fingerprint density at radius 3 is 2.23 bits per heavy atom. The number of nitrogens with zero attached hydrogens (tertiary/aromatic N) is 1. The van der Waals surface area contributed by atoms with E-state index < -0.39 is 0 Å². The maximum Gasteiger partial charge on any atom is 0.254 e. The van der Waals surface area contributed by atoms with E-state index in [2.05, 4.69) is 5.32 Å². The molecular formula is C20H21ClN2O3. The van der Waals surface area contributed by atoms with Gasteiger partial charge in [-0.05, 0) is 25.1 Å². The van der Waals surface area contributed by atoms with Gasteiger partial charge in [-0.1, -0.05) is 41.4 Å². The van der Waals surface area contributed by atoms with E-state index >= 15 is 0 Å². The van der Waals surface area contributed by atoms with Gasteiger partial charge in [-0.3, -0.25) is 14.4 Å². The van der Waals surface area contributed by atoms with Gasteiger partial charge in [0.2, 0.25) is 5.91 Å². The number of hydrogen-bond acceptors (Lipinski definition) is 3. The Labute approximate surface area is 158 Å². The minimum Gasteiger partial charge on any atom is -0.345 e. The molecule has 2 amide bonds. The normalized spacial score (nSPS) is 10.3. The highest BCUT2D eigenvalue weighted by molar-refractivity contribution is 6.34. The summed E-state index contributed by atoms with van der Waals surface area (Å²) in [5, 5.41) is 2.95. The van der Waals surface area contributed by atoms with Crippen LogP contribution in [-0.4, -0.2) is 36.6 Å². The number of benzene rings is 2. The molecule has 0 aromatic heterocycles. The van der Waals surface area contributed by atoms with Gasteiger partial charge >= 0.3 is 0 Å². The molecule has 136 valence electrons. The molecule has 2 aromatic carbocycles. The maximum absolute atomic E-state index is 12.1. The van der Waals surface area contributed by atoms with Crippen LogP contribution in [-0.2, 0) is 4.79 Å². The summed E-state index contributed by atoms with van der Waals surface area (Å²) in [4.78, 5) is 37.5. The largest absolute Gasteiger partial charge is 0.345 e. The maximum atomic E-state index is 12.1. The molecule has 0 bridgehead atoms. The van der Waals surface area contributed by atoms with E-state index in [-0.39, 0.29) is 35.5 Å². The molecule has 0 saturated carbocycles. The molecule has 0 aliphatic heterocycles. The second-order valence-corrected chi connectivity index (χ2v) is 6.64. The summed E-state index contributed by atoms with van der Waals surface area (Å²) in [7, 11) is 3.28. The van der Waals surface area contributed by atoms with Crippen LogP contribution in [0.4, 0.5) is 5.69 Å². The summed E-state index contributed by atoms with van der Waals surface area (Å²) >= 11 is 6.12. The molecule has 0 fully saturated rings. The second-order valence-electron chi connectivity index (χ2n) is 6.23. The Balaban J connectivity index is 1.93. The minimum absolute atomic E-state index is 0.0721. The van der Waals surface area contributed by atoms with Gasteiger partial charge in [0.25, 0.3) is 5.91 Å². The van der Waals surface area contributed by atoms with Crippen molar-refractivity contribution >= 4 is 34.9 Å². The van der Waals surface area contributed by atoms with E-state index in [1.54, 1.807) is 38.4 Å². The van der Waals surface area contributed by atoms with Crippen LogP contribution in [0, 0.1) is 6.92 Å². The number of Topliss-reactive ketones (excluding diaryl/α,β-unsaturated/α-hetero) is 1. The average molecular weight is 373 g/mol. The summed E-state index contributed by atoms with van der Waals surface area (Å²) in [5.41, 5.74) is 2.52. The third-order valence-corrected chi connectivity index (χ3v) is 4.15. The molecule has 0 unspecified atom stereocenters. The molecule has 0 aliphatic carbocycles. The smallest absolute Gasteiger partial charge is 0.254 e. The van der Waals surface area contributed by atoms with Gasteiger partial charge in [0.1, 0.15) is 0 Å². The first kappa shape index (κ1) is 19.7. The van der Waals surface area contributed by atoms with Crippen molar-refractivity contribution in [3.63, 3.8) is 0 Å². The van der Waals surface area contributed by atoms with Gasteiger partial charge in [0.15, 0.2) is 5.78 Å². The molecule has 0 spiro atoms. The highest BCUT2D eigenvalue weighted by atomic mass is 35.5. The van der Waals surface area contributed by atoms with E-state index in [0.717, 1.165) is 5.56 Å². The number of hydrogen-bond donors (Lipinski definition) is 1. The van der Waals surface area contributed by atoms with Crippen molar-refractivity contribution < 1.29 is 14.4 Å². The third-order valence-electron chi connectivity index (χ3n) is 3.84. The predicted molar refractivity (Wildman–Crippen MR) is 103 cm³/mol. The Morgan fingerprint density at radius 1 is 1.00 bits per heavy atom. The zero-order valence-corrected chi connectivity index (χ0v) is 15.8. The van der Waals surface area contributed by atoms with Crippen LogP contribution in [0.1, 0.15) is 39.1 Å². The standard InChI is InChI=1S/C20H21ClN2O3/c1-13-4-6-14(7-5-13)18(24)10-11-19(25)22-15-8-9-16(17(21)12-15)20(26)23(2)3/h4-9,12H,10-11H2,1-3H3,(H,22,25). The lowest BCUT2D eigenvalue weighted by atomic mass is 10.0. The molecule has 2 rings (SSSR count). The number of carbonyl (C=O) groups excluding carboxylic acids is 3. The number of anilines is 1. The molecule has 0 saturated heterocycles. The molecule has 6 heteroatoms. The highest BCUT2D eigenvalue weighted by Gasteiger charge is 2.14. The number of carbonyl (C=O) groups is 3. The van der Waals surface area contributed by atoms with E-state index in [1.807, 2.05) is 19.1 Å². The van der Waals surface area contributed by atoms with Crippen LogP contribution in [0.15, 0.2) is 42.5 Å². The quantitative estimate of drug-likeness (QED) is 0.780. The van der Waals surface area contributed by atoms with Crippen LogP contribution in [0.3, 0.4) is 0 Å². The van der Waals surface area contributed by atoms with Crippen LogP contribution in [0.5, 0.6) is 0 Å². The van der Waals surface area contributed by atoms with Gasteiger partial charge in [-0.2, -0.15) is 0 Å². The first-order valence-corrected chi connectivity index (χ1v) is 8.56. The van der Waals surface area contributed by atoms with Crippen molar-refractivity contribution in [1.29, 1.82) is 0 Å².